The Morgan fingerprint density at radius 2 is 1.85 bits per heavy atom. The zero-order valence-electron chi connectivity index (χ0n) is 15.9. The Bertz CT molecular complexity index is 1080. The average Bonchev–Trinajstić information content (AvgIpc) is 3.10. The van der Waals surface area contributed by atoms with Crippen molar-refractivity contribution in [3.8, 4) is 22.6 Å². The normalized spacial score (nSPS) is 11.1. The lowest BCUT2D eigenvalue weighted by molar-refractivity contribution is 0.415. The summed E-state index contributed by atoms with van der Waals surface area (Å²) in [5.41, 5.74) is 6.56. The van der Waals surface area contributed by atoms with Crippen LogP contribution in [0.25, 0.3) is 27.8 Å². The van der Waals surface area contributed by atoms with Gasteiger partial charge in [-0.25, -0.2) is 9.97 Å². The van der Waals surface area contributed by atoms with Crippen molar-refractivity contribution in [2.45, 2.75) is 26.7 Å². The van der Waals surface area contributed by atoms with Crippen LogP contribution < -0.4 is 4.74 Å². The summed E-state index contributed by atoms with van der Waals surface area (Å²) < 4.78 is 7.56. The molecule has 4 aromatic rings. The summed E-state index contributed by atoms with van der Waals surface area (Å²) in [7, 11) is 1.69. The van der Waals surface area contributed by atoms with Crippen LogP contribution in [0.3, 0.4) is 0 Å². The maximum absolute atomic E-state index is 5.41. The molecule has 0 saturated carbocycles. The lowest BCUT2D eigenvalue weighted by Crippen LogP contribution is -1.95. The largest absolute Gasteiger partial charge is 0.497 e. The fraction of sp³-hybridized carbons (Fsp3) is 0.217. The maximum atomic E-state index is 5.41. The van der Waals surface area contributed by atoms with Gasteiger partial charge in [-0.2, -0.15) is 0 Å². The van der Waals surface area contributed by atoms with Gasteiger partial charge in [0.05, 0.1) is 12.8 Å². The molecule has 27 heavy (non-hydrogen) atoms. The fourth-order valence-corrected chi connectivity index (χ4v) is 3.53. The molecular weight excluding hydrogens is 334 g/mol. The van der Waals surface area contributed by atoms with Gasteiger partial charge in [0.2, 0.25) is 0 Å². The summed E-state index contributed by atoms with van der Waals surface area (Å²) in [5, 5.41) is 1.07. The Morgan fingerprint density at radius 3 is 2.59 bits per heavy atom. The lowest BCUT2D eigenvalue weighted by Gasteiger charge is -2.06. The minimum Gasteiger partial charge on any atom is -0.497 e. The van der Waals surface area contributed by atoms with E-state index in [1.807, 2.05) is 19.1 Å². The quantitative estimate of drug-likeness (QED) is 0.483. The van der Waals surface area contributed by atoms with E-state index in [1.165, 1.54) is 5.56 Å². The van der Waals surface area contributed by atoms with E-state index in [0.29, 0.717) is 0 Å². The van der Waals surface area contributed by atoms with Crippen LogP contribution in [-0.4, -0.2) is 21.6 Å². The van der Waals surface area contributed by atoms with Gasteiger partial charge in [0.1, 0.15) is 17.7 Å². The Hall–Kier alpha value is -3.14. The zero-order valence-corrected chi connectivity index (χ0v) is 15.9. The van der Waals surface area contributed by atoms with Crippen molar-refractivity contribution < 1.29 is 4.74 Å². The summed E-state index contributed by atoms with van der Waals surface area (Å²) in [6.45, 7) is 4.23. The fourth-order valence-electron chi connectivity index (χ4n) is 3.53. The van der Waals surface area contributed by atoms with Gasteiger partial charge in [-0.15, -0.1) is 0 Å². The van der Waals surface area contributed by atoms with Gasteiger partial charge >= 0.3 is 0 Å². The molecular formula is C23H23N3O. The molecule has 0 aliphatic rings. The van der Waals surface area contributed by atoms with Gasteiger partial charge in [0.25, 0.3) is 0 Å². The minimum atomic E-state index is 0.840. The van der Waals surface area contributed by atoms with Gasteiger partial charge in [0.15, 0.2) is 0 Å². The molecule has 0 atom stereocenters. The molecule has 0 radical (unpaired) electrons. The zero-order chi connectivity index (χ0) is 18.8. The number of methoxy groups -OCH3 is 1. The van der Waals surface area contributed by atoms with Gasteiger partial charge in [-0.1, -0.05) is 37.6 Å². The number of hydrogen-bond donors (Lipinski definition) is 0. The van der Waals surface area contributed by atoms with Crippen molar-refractivity contribution in [3.05, 3.63) is 72.3 Å². The predicted octanol–water partition coefficient (Wildman–Crippen LogP) is 5.36. The SMILES string of the molecule is CCCc1ccc(-n2cc(-c3cccc(OC)c3)c3c(C)ncnc32)cc1. The first-order valence-electron chi connectivity index (χ1n) is 9.27. The molecule has 0 saturated heterocycles. The minimum absolute atomic E-state index is 0.840. The Labute approximate surface area is 159 Å². The van der Waals surface area contributed by atoms with Crippen LogP contribution in [0.5, 0.6) is 5.75 Å². The molecule has 4 nitrogen and oxygen atoms in total. The van der Waals surface area contributed by atoms with Crippen LogP contribution in [-0.2, 0) is 6.42 Å². The molecule has 4 rings (SSSR count). The van der Waals surface area contributed by atoms with Crippen LogP contribution in [0.1, 0.15) is 24.6 Å². The number of fused-ring (bicyclic) bond motifs is 1. The molecule has 2 aromatic heterocycles. The molecule has 0 fully saturated rings. The van der Waals surface area contributed by atoms with E-state index < -0.39 is 0 Å². The van der Waals surface area contributed by atoms with E-state index in [-0.39, 0.29) is 0 Å². The van der Waals surface area contributed by atoms with Gasteiger partial charge in [-0.05, 0) is 48.7 Å². The monoisotopic (exact) mass is 357 g/mol. The molecule has 2 heterocycles. The number of hydrogen-bond acceptors (Lipinski definition) is 3. The molecule has 0 aliphatic carbocycles. The smallest absolute Gasteiger partial charge is 0.148 e. The first-order chi connectivity index (χ1) is 13.2. The molecule has 0 spiro atoms. The number of ether oxygens (including phenoxy) is 1. The highest BCUT2D eigenvalue weighted by Crippen LogP contribution is 2.34. The highest BCUT2D eigenvalue weighted by molar-refractivity contribution is 5.96. The van der Waals surface area contributed by atoms with Crippen LogP contribution in [0.4, 0.5) is 0 Å². The Kier molecular flexibility index (Phi) is 4.63. The number of nitrogens with zero attached hydrogens (tertiary/aromatic N) is 3. The van der Waals surface area contributed by atoms with E-state index in [2.05, 4.69) is 64.1 Å². The van der Waals surface area contributed by atoms with E-state index in [0.717, 1.165) is 52.1 Å². The first-order valence-corrected chi connectivity index (χ1v) is 9.27. The third kappa shape index (κ3) is 3.19. The molecule has 0 bridgehead atoms. The Balaban J connectivity index is 1.91. The van der Waals surface area contributed by atoms with E-state index in [1.54, 1.807) is 13.4 Å². The van der Waals surface area contributed by atoms with E-state index in [9.17, 15) is 0 Å². The molecule has 0 unspecified atom stereocenters. The Morgan fingerprint density at radius 1 is 1.04 bits per heavy atom. The number of rotatable bonds is 5. The van der Waals surface area contributed by atoms with Crippen LogP contribution in [0, 0.1) is 6.92 Å². The maximum Gasteiger partial charge on any atom is 0.148 e. The van der Waals surface area contributed by atoms with Crippen molar-refractivity contribution in [1.82, 2.24) is 14.5 Å². The van der Waals surface area contributed by atoms with Crippen molar-refractivity contribution >= 4 is 11.0 Å². The second-order valence-corrected chi connectivity index (χ2v) is 6.72. The molecule has 0 aliphatic heterocycles. The summed E-state index contributed by atoms with van der Waals surface area (Å²) >= 11 is 0. The molecule has 4 heteroatoms. The molecule has 0 N–H and O–H groups in total. The summed E-state index contributed by atoms with van der Waals surface area (Å²) in [6, 6.07) is 16.8. The summed E-state index contributed by atoms with van der Waals surface area (Å²) in [5.74, 6) is 0.840. The van der Waals surface area contributed by atoms with Crippen molar-refractivity contribution in [2.24, 2.45) is 0 Å². The van der Waals surface area contributed by atoms with Gasteiger partial charge < -0.3 is 9.30 Å². The molecule has 136 valence electrons. The molecule has 0 amide bonds. The second kappa shape index (κ2) is 7.23. The van der Waals surface area contributed by atoms with Crippen LogP contribution >= 0.6 is 0 Å². The summed E-state index contributed by atoms with van der Waals surface area (Å²) in [4.78, 5) is 9.01. The van der Waals surface area contributed by atoms with Crippen LogP contribution in [0.15, 0.2) is 61.1 Å². The van der Waals surface area contributed by atoms with Gasteiger partial charge in [0, 0.05) is 22.8 Å². The highest BCUT2D eigenvalue weighted by Gasteiger charge is 2.15. The number of aromatic nitrogens is 3. The van der Waals surface area contributed by atoms with Crippen molar-refractivity contribution in [1.29, 1.82) is 0 Å². The van der Waals surface area contributed by atoms with Gasteiger partial charge in [-0.3, -0.25) is 0 Å². The number of benzene rings is 2. The first kappa shape index (κ1) is 17.3. The van der Waals surface area contributed by atoms with Crippen molar-refractivity contribution in [2.75, 3.05) is 7.11 Å². The lowest BCUT2D eigenvalue weighted by atomic mass is 10.0. The standard InChI is InChI=1S/C23H23N3O/c1-4-6-17-9-11-19(12-10-17)26-14-21(18-7-5-8-20(13-18)27-3)22-16(2)24-15-25-23(22)26/h5,7-15H,4,6H2,1-3H3. The van der Waals surface area contributed by atoms with Crippen molar-refractivity contribution in [3.63, 3.8) is 0 Å². The third-order valence-electron chi connectivity index (χ3n) is 4.91. The number of aryl methyl sites for hydroxylation is 2. The van der Waals surface area contributed by atoms with Crippen LogP contribution in [0.2, 0.25) is 0 Å². The average molecular weight is 357 g/mol. The summed E-state index contributed by atoms with van der Waals surface area (Å²) in [6.07, 6.45) is 6.03. The third-order valence-corrected chi connectivity index (χ3v) is 4.91. The molecule has 2 aromatic carbocycles. The second-order valence-electron chi connectivity index (χ2n) is 6.72. The highest BCUT2D eigenvalue weighted by atomic mass is 16.5. The predicted molar refractivity (Wildman–Crippen MR) is 110 cm³/mol. The van der Waals surface area contributed by atoms with E-state index in [4.69, 9.17) is 4.74 Å². The topological polar surface area (TPSA) is 39.9 Å². The van der Waals surface area contributed by atoms with E-state index >= 15 is 0 Å².